The van der Waals surface area contributed by atoms with Crippen LogP contribution in [0, 0.1) is 17.4 Å². The zero-order chi connectivity index (χ0) is 9.84. The summed E-state index contributed by atoms with van der Waals surface area (Å²) in [5.74, 6) is 0.917. The molecule has 1 aromatic carbocycles. The zero-order valence-electron chi connectivity index (χ0n) is 7.93. The number of benzene rings is 1. The van der Waals surface area contributed by atoms with Crippen molar-refractivity contribution in [3.63, 3.8) is 0 Å². The van der Waals surface area contributed by atoms with Crippen molar-refractivity contribution in [2.75, 3.05) is 13.2 Å². The standard InChI is InChI=1S/C10H14INO/c1-7-5-9(13-4-3-12)6-8(2)10(7)11/h5-6H,3-4,12H2,1-2H3. The third-order valence-electron chi connectivity index (χ3n) is 1.80. The second-order valence-electron chi connectivity index (χ2n) is 3.01. The highest BCUT2D eigenvalue weighted by molar-refractivity contribution is 14.1. The summed E-state index contributed by atoms with van der Waals surface area (Å²) < 4.78 is 6.75. The molecule has 0 unspecified atom stereocenters. The van der Waals surface area contributed by atoms with Crippen molar-refractivity contribution < 1.29 is 4.74 Å². The number of aryl methyl sites for hydroxylation is 2. The lowest BCUT2D eigenvalue weighted by atomic mass is 10.1. The lowest BCUT2D eigenvalue weighted by Crippen LogP contribution is -2.10. The van der Waals surface area contributed by atoms with Crippen molar-refractivity contribution in [1.29, 1.82) is 0 Å². The van der Waals surface area contributed by atoms with E-state index in [1.165, 1.54) is 14.7 Å². The van der Waals surface area contributed by atoms with Gasteiger partial charge in [-0.1, -0.05) is 0 Å². The number of hydrogen-bond acceptors (Lipinski definition) is 2. The molecule has 72 valence electrons. The molecule has 2 N–H and O–H groups in total. The molecule has 0 amide bonds. The first-order valence-electron chi connectivity index (χ1n) is 4.24. The first-order chi connectivity index (χ1) is 6.15. The SMILES string of the molecule is Cc1cc(OCCN)cc(C)c1I. The van der Waals surface area contributed by atoms with Gasteiger partial charge < -0.3 is 10.5 Å². The Labute approximate surface area is 92.6 Å². The molecule has 0 aliphatic heterocycles. The van der Waals surface area contributed by atoms with Crippen molar-refractivity contribution in [2.45, 2.75) is 13.8 Å². The van der Waals surface area contributed by atoms with Crippen molar-refractivity contribution in [1.82, 2.24) is 0 Å². The van der Waals surface area contributed by atoms with Gasteiger partial charge in [0.05, 0.1) is 0 Å². The summed E-state index contributed by atoms with van der Waals surface area (Å²) in [6.45, 7) is 5.32. The van der Waals surface area contributed by atoms with E-state index in [4.69, 9.17) is 10.5 Å². The molecule has 0 heterocycles. The number of rotatable bonds is 3. The molecule has 0 saturated carbocycles. The Balaban J connectivity index is 2.86. The molecule has 0 bridgehead atoms. The second kappa shape index (κ2) is 4.81. The predicted molar refractivity (Wildman–Crippen MR) is 63.2 cm³/mol. The van der Waals surface area contributed by atoms with E-state index in [1.54, 1.807) is 0 Å². The highest BCUT2D eigenvalue weighted by Crippen LogP contribution is 2.22. The smallest absolute Gasteiger partial charge is 0.119 e. The maximum atomic E-state index is 5.44. The Bertz CT molecular complexity index is 276. The molecule has 0 fully saturated rings. The van der Waals surface area contributed by atoms with Gasteiger partial charge in [0.1, 0.15) is 12.4 Å². The van der Waals surface area contributed by atoms with E-state index in [0.717, 1.165) is 5.75 Å². The molecule has 2 nitrogen and oxygen atoms in total. The molecule has 1 aromatic rings. The molecule has 0 atom stereocenters. The molecular formula is C10H14INO. The minimum absolute atomic E-state index is 0.560. The molecule has 0 aromatic heterocycles. The first kappa shape index (κ1) is 10.8. The van der Waals surface area contributed by atoms with Crippen LogP contribution in [0.5, 0.6) is 5.75 Å². The van der Waals surface area contributed by atoms with E-state index in [1.807, 2.05) is 12.1 Å². The third-order valence-corrected chi connectivity index (χ3v) is 3.50. The number of ether oxygens (including phenoxy) is 1. The van der Waals surface area contributed by atoms with Crippen molar-refractivity contribution in [2.24, 2.45) is 5.73 Å². The molecule has 0 spiro atoms. The Morgan fingerprint density at radius 1 is 1.31 bits per heavy atom. The van der Waals surface area contributed by atoms with Crippen molar-refractivity contribution >= 4 is 22.6 Å². The van der Waals surface area contributed by atoms with E-state index in [0.29, 0.717) is 13.2 Å². The van der Waals surface area contributed by atoms with Crippen LogP contribution in [-0.2, 0) is 0 Å². The van der Waals surface area contributed by atoms with Gasteiger partial charge in [-0.3, -0.25) is 0 Å². The van der Waals surface area contributed by atoms with Crippen LogP contribution in [-0.4, -0.2) is 13.2 Å². The molecular weight excluding hydrogens is 277 g/mol. The molecule has 0 radical (unpaired) electrons. The van der Waals surface area contributed by atoms with Crippen LogP contribution in [0.4, 0.5) is 0 Å². The highest BCUT2D eigenvalue weighted by atomic mass is 127. The number of halogens is 1. The minimum atomic E-state index is 0.560. The van der Waals surface area contributed by atoms with Crippen molar-refractivity contribution in [3.8, 4) is 5.75 Å². The predicted octanol–water partition coefficient (Wildman–Crippen LogP) is 2.25. The molecule has 0 aliphatic carbocycles. The van der Waals surface area contributed by atoms with Crippen LogP contribution in [0.15, 0.2) is 12.1 Å². The summed E-state index contributed by atoms with van der Waals surface area (Å²) in [6, 6.07) is 4.09. The zero-order valence-corrected chi connectivity index (χ0v) is 10.1. The van der Waals surface area contributed by atoms with Gasteiger partial charge in [0.2, 0.25) is 0 Å². The van der Waals surface area contributed by atoms with Gasteiger partial charge in [0, 0.05) is 10.1 Å². The van der Waals surface area contributed by atoms with Crippen LogP contribution in [0.2, 0.25) is 0 Å². The average molecular weight is 291 g/mol. The van der Waals surface area contributed by atoms with Gasteiger partial charge in [-0.05, 0) is 59.7 Å². The largest absolute Gasteiger partial charge is 0.492 e. The van der Waals surface area contributed by atoms with Gasteiger partial charge in [0.25, 0.3) is 0 Å². The highest BCUT2D eigenvalue weighted by Gasteiger charge is 2.02. The second-order valence-corrected chi connectivity index (χ2v) is 4.09. The lowest BCUT2D eigenvalue weighted by molar-refractivity contribution is 0.328. The van der Waals surface area contributed by atoms with Crippen LogP contribution in [0.1, 0.15) is 11.1 Å². The van der Waals surface area contributed by atoms with E-state index < -0.39 is 0 Å². The Morgan fingerprint density at radius 3 is 2.31 bits per heavy atom. The molecule has 13 heavy (non-hydrogen) atoms. The first-order valence-corrected chi connectivity index (χ1v) is 5.32. The fraction of sp³-hybridized carbons (Fsp3) is 0.400. The van der Waals surface area contributed by atoms with Gasteiger partial charge in [-0.25, -0.2) is 0 Å². The van der Waals surface area contributed by atoms with Crippen molar-refractivity contribution in [3.05, 3.63) is 26.8 Å². The van der Waals surface area contributed by atoms with Gasteiger partial charge in [0.15, 0.2) is 0 Å². The lowest BCUT2D eigenvalue weighted by Gasteiger charge is -2.08. The fourth-order valence-electron chi connectivity index (χ4n) is 1.17. The molecule has 1 rings (SSSR count). The van der Waals surface area contributed by atoms with E-state index in [-0.39, 0.29) is 0 Å². The molecule has 0 aliphatic rings. The van der Waals surface area contributed by atoms with Gasteiger partial charge in [-0.2, -0.15) is 0 Å². The quantitative estimate of drug-likeness (QED) is 0.867. The van der Waals surface area contributed by atoms with E-state index >= 15 is 0 Å². The average Bonchev–Trinajstić information content (AvgIpc) is 2.10. The van der Waals surface area contributed by atoms with Crippen LogP contribution in [0.3, 0.4) is 0 Å². The van der Waals surface area contributed by atoms with Crippen LogP contribution in [0.25, 0.3) is 0 Å². The summed E-state index contributed by atoms with van der Waals surface area (Å²) in [5, 5.41) is 0. The minimum Gasteiger partial charge on any atom is -0.492 e. The number of hydrogen-bond donors (Lipinski definition) is 1. The molecule has 0 saturated heterocycles. The van der Waals surface area contributed by atoms with Crippen LogP contribution < -0.4 is 10.5 Å². The van der Waals surface area contributed by atoms with Crippen LogP contribution >= 0.6 is 22.6 Å². The fourth-order valence-corrected chi connectivity index (χ4v) is 1.48. The summed E-state index contributed by atoms with van der Waals surface area (Å²) in [6.07, 6.45) is 0. The normalized spacial score (nSPS) is 10.2. The van der Waals surface area contributed by atoms with E-state index in [9.17, 15) is 0 Å². The van der Waals surface area contributed by atoms with Gasteiger partial charge in [-0.15, -0.1) is 0 Å². The summed E-state index contributed by atoms with van der Waals surface area (Å²) >= 11 is 2.34. The summed E-state index contributed by atoms with van der Waals surface area (Å²) in [5.41, 5.74) is 7.87. The number of nitrogens with two attached hydrogens (primary N) is 1. The maximum absolute atomic E-state index is 5.44. The van der Waals surface area contributed by atoms with Gasteiger partial charge >= 0.3 is 0 Å². The Hall–Kier alpha value is -0.290. The summed E-state index contributed by atoms with van der Waals surface area (Å²) in [7, 11) is 0. The Kier molecular flexibility index (Phi) is 3.99. The maximum Gasteiger partial charge on any atom is 0.119 e. The topological polar surface area (TPSA) is 35.2 Å². The third kappa shape index (κ3) is 2.84. The Morgan fingerprint density at radius 2 is 1.85 bits per heavy atom. The summed E-state index contributed by atoms with van der Waals surface area (Å²) in [4.78, 5) is 0. The molecule has 3 heteroatoms. The van der Waals surface area contributed by atoms with E-state index in [2.05, 4.69) is 36.4 Å². The monoisotopic (exact) mass is 291 g/mol.